The summed E-state index contributed by atoms with van der Waals surface area (Å²) in [6.07, 6.45) is 0. The highest BCUT2D eigenvalue weighted by Gasteiger charge is 2.15. The lowest BCUT2D eigenvalue weighted by atomic mass is 10.1. The van der Waals surface area contributed by atoms with Crippen LogP contribution in [0.5, 0.6) is 0 Å². The molecule has 2 aromatic carbocycles. The van der Waals surface area contributed by atoms with Gasteiger partial charge in [0.25, 0.3) is 5.91 Å². The van der Waals surface area contributed by atoms with Crippen LogP contribution in [-0.4, -0.2) is 17.1 Å². The van der Waals surface area contributed by atoms with E-state index in [0.29, 0.717) is 10.6 Å². The standard InChI is InChI=1S/C22H22N2O2S2/c1-14-9-10-18(12-15(14)2)23-21(25)16(3)28-19-7-4-6-17(13-19)24-22(26)20-8-5-11-27-20/h4-13,16H,1-3H3,(H,23,25)(H,24,26). The maximum atomic E-state index is 12.5. The quantitative estimate of drug-likeness (QED) is 0.510. The molecule has 0 bridgehead atoms. The van der Waals surface area contributed by atoms with Crippen LogP contribution in [-0.2, 0) is 4.79 Å². The molecule has 0 saturated carbocycles. The highest BCUT2D eigenvalue weighted by molar-refractivity contribution is 8.00. The van der Waals surface area contributed by atoms with E-state index in [1.807, 2.05) is 74.7 Å². The molecule has 4 nitrogen and oxygen atoms in total. The lowest BCUT2D eigenvalue weighted by Crippen LogP contribution is -2.22. The van der Waals surface area contributed by atoms with Crippen LogP contribution in [0.2, 0.25) is 0 Å². The molecule has 3 aromatic rings. The monoisotopic (exact) mass is 410 g/mol. The SMILES string of the molecule is Cc1ccc(NC(=O)C(C)Sc2cccc(NC(=O)c3cccs3)c2)cc1C. The van der Waals surface area contributed by atoms with Gasteiger partial charge in [0.2, 0.25) is 5.91 Å². The fourth-order valence-corrected chi connectivity index (χ4v) is 4.11. The molecule has 0 aliphatic carbocycles. The summed E-state index contributed by atoms with van der Waals surface area (Å²) >= 11 is 2.86. The normalized spacial score (nSPS) is 11.7. The minimum absolute atomic E-state index is 0.0544. The molecule has 1 unspecified atom stereocenters. The molecule has 28 heavy (non-hydrogen) atoms. The number of thioether (sulfide) groups is 1. The molecule has 0 spiro atoms. The number of anilines is 2. The lowest BCUT2D eigenvalue weighted by Gasteiger charge is -2.14. The van der Waals surface area contributed by atoms with Crippen LogP contribution in [0.4, 0.5) is 11.4 Å². The Labute approximate surface area is 173 Å². The number of aryl methyl sites for hydroxylation is 2. The number of hydrogen-bond donors (Lipinski definition) is 2. The molecular formula is C22H22N2O2S2. The fraction of sp³-hybridized carbons (Fsp3) is 0.182. The summed E-state index contributed by atoms with van der Waals surface area (Å²) in [5, 5.41) is 7.46. The van der Waals surface area contributed by atoms with E-state index in [1.165, 1.54) is 28.7 Å². The van der Waals surface area contributed by atoms with Crippen LogP contribution in [0, 0.1) is 13.8 Å². The molecule has 0 aliphatic rings. The third-order valence-electron chi connectivity index (χ3n) is 4.29. The van der Waals surface area contributed by atoms with E-state index in [0.717, 1.165) is 16.1 Å². The van der Waals surface area contributed by atoms with Gasteiger partial charge in [-0.1, -0.05) is 18.2 Å². The number of carbonyl (C=O) groups excluding carboxylic acids is 2. The van der Waals surface area contributed by atoms with Gasteiger partial charge < -0.3 is 10.6 Å². The molecule has 144 valence electrons. The fourth-order valence-electron chi connectivity index (χ4n) is 2.57. The predicted octanol–water partition coefficient (Wildman–Crippen LogP) is 5.74. The largest absolute Gasteiger partial charge is 0.325 e. The van der Waals surface area contributed by atoms with Gasteiger partial charge in [0, 0.05) is 16.3 Å². The van der Waals surface area contributed by atoms with E-state index in [4.69, 9.17) is 0 Å². The van der Waals surface area contributed by atoms with E-state index in [-0.39, 0.29) is 17.1 Å². The van der Waals surface area contributed by atoms with Crippen molar-refractivity contribution in [3.8, 4) is 0 Å². The molecule has 0 saturated heterocycles. The lowest BCUT2D eigenvalue weighted by molar-refractivity contribution is -0.115. The summed E-state index contributed by atoms with van der Waals surface area (Å²) in [6, 6.07) is 17.1. The van der Waals surface area contributed by atoms with Crippen molar-refractivity contribution in [3.05, 3.63) is 76.0 Å². The van der Waals surface area contributed by atoms with Crippen molar-refractivity contribution in [2.24, 2.45) is 0 Å². The minimum atomic E-state index is -0.273. The molecule has 0 fully saturated rings. The van der Waals surface area contributed by atoms with Gasteiger partial charge >= 0.3 is 0 Å². The smallest absolute Gasteiger partial charge is 0.265 e. The topological polar surface area (TPSA) is 58.2 Å². The second-order valence-corrected chi connectivity index (χ2v) is 8.87. The van der Waals surface area contributed by atoms with Crippen LogP contribution < -0.4 is 10.6 Å². The zero-order chi connectivity index (χ0) is 20.1. The highest BCUT2D eigenvalue weighted by Crippen LogP contribution is 2.27. The Bertz CT molecular complexity index is 984. The van der Waals surface area contributed by atoms with Crippen molar-refractivity contribution in [1.29, 1.82) is 0 Å². The van der Waals surface area contributed by atoms with Crippen LogP contribution in [0.1, 0.15) is 27.7 Å². The first-order valence-electron chi connectivity index (χ1n) is 8.92. The van der Waals surface area contributed by atoms with Crippen LogP contribution in [0.15, 0.2) is 64.9 Å². The predicted molar refractivity (Wildman–Crippen MR) is 119 cm³/mol. The number of carbonyl (C=O) groups is 2. The molecule has 1 atom stereocenters. The van der Waals surface area contributed by atoms with Crippen molar-refractivity contribution in [2.45, 2.75) is 30.9 Å². The average molecular weight is 411 g/mol. The summed E-state index contributed by atoms with van der Waals surface area (Å²) in [5.41, 5.74) is 3.86. The van der Waals surface area contributed by atoms with Crippen LogP contribution in [0.3, 0.4) is 0 Å². The molecule has 1 heterocycles. The van der Waals surface area contributed by atoms with Gasteiger partial charge in [-0.05, 0) is 73.7 Å². The zero-order valence-corrected chi connectivity index (χ0v) is 17.6. The Morgan fingerprint density at radius 3 is 2.43 bits per heavy atom. The first-order chi connectivity index (χ1) is 13.4. The molecular weight excluding hydrogens is 388 g/mol. The molecule has 2 N–H and O–H groups in total. The third-order valence-corrected chi connectivity index (χ3v) is 6.26. The Morgan fingerprint density at radius 1 is 0.929 bits per heavy atom. The third kappa shape index (κ3) is 5.24. The summed E-state index contributed by atoms with van der Waals surface area (Å²) in [7, 11) is 0. The zero-order valence-electron chi connectivity index (χ0n) is 16.0. The first kappa shape index (κ1) is 20.2. The van der Waals surface area contributed by atoms with E-state index < -0.39 is 0 Å². The maximum absolute atomic E-state index is 12.5. The van der Waals surface area contributed by atoms with Gasteiger partial charge in [-0.3, -0.25) is 9.59 Å². The summed E-state index contributed by atoms with van der Waals surface area (Å²) in [4.78, 5) is 26.3. The van der Waals surface area contributed by atoms with Crippen LogP contribution in [0.25, 0.3) is 0 Å². The second-order valence-electron chi connectivity index (χ2n) is 6.51. The summed E-state index contributed by atoms with van der Waals surface area (Å²) in [6.45, 7) is 5.95. The Kier molecular flexibility index (Phi) is 6.54. The summed E-state index contributed by atoms with van der Waals surface area (Å²) in [5.74, 6) is -0.182. The van der Waals surface area contributed by atoms with E-state index in [1.54, 1.807) is 6.07 Å². The van der Waals surface area contributed by atoms with Gasteiger partial charge in [-0.2, -0.15) is 0 Å². The Morgan fingerprint density at radius 2 is 1.71 bits per heavy atom. The van der Waals surface area contributed by atoms with Crippen molar-refractivity contribution in [1.82, 2.24) is 0 Å². The van der Waals surface area contributed by atoms with Crippen molar-refractivity contribution < 1.29 is 9.59 Å². The molecule has 2 amide bonds. The molecule has 0 aliphatic heterocycles. The van der Waals surface area contributed by atoms with Gasteiger partial charge in [0.05, 0.1) is 10.1 Å². The summed E-state index contributed by atoms with van der Waals surface area (Å²) < 4.78 is 0. The van der Waals surface area contributed by atoms with E-state index >= 15 is 0 Å². The van der Waals surface area contributed by atoms with Gasteiger partial charge in [0.15, 0.2) is 0 Å². The number of thiophene rings is 1. The van der Waals surface area contributed by atoms with E-state index in [9.17, 15) is 9.59 Å². The Hall–Kier alpha value is -2.57. The van der Waals surface area contributed by atoms with Gasteiger partial charge in [0.1, 0.15) is 0 Å². The highest BCUT2D eigenvalue weighted by atomic mass is 32.2. The van der Waals surface area contributed by atoms with Crippen molar-refractivity contribution >= 4 is 46.3 Å². The number of benzene rings is 2. The average Bonchev–Trinajstić information content (AvgIpc) is 3.20. The van der Waals surface area contributed by atoms with Gasteiger partial charge in [-0.25, -0.2) is 0 Å². The van der Waals surface area contributed by atoms with Crippen LogP contribution >= 0.6 is 23.1 Å². The molecule has 3 rings (SSSR count). The van der Waals surface area contributed by atoms with Crippen molar-refractivity contribution in [3.63, 3.8) is 0 Å². The Balaban J connectivity index is 1.61. The minimum Gasteiger partial charge on any atom is -0.325 e. The van der Waals surface area contributed by atoms with E-state index in [2.05, 4.69) is 10.6 Å². The second kappa shape index (κ2) is 9.08. The molecule has 1 aromatic heterocycles. The number of nitrogens with one attached hydrogen (secondary N) is 2. The number of rotatable bonds is 6. The van der Waals surface area contributed by atoms with Crippen molar-refractivity contribution in [2.75, 3.05) is 10.6 Å². The molecule has 6 heteroatoms. The molecule has 0 radical (unpaired) electrons. The maximum Gasteiger partial charge on any atom is 0.265 e. The number of amides is 2. The number of hydrogen-bond acceptors (Lipinski definition) is 4. The van der Waals surface area contributed by atoms with Gasteiger partial charge in [-0.15, -0.1) is 23.1 Å². The first-order valence-corrected chi connectivity index (χ1v) is 10.7.